The molecule has 0 aliphatic rings. The topological polar surface area (TPSA) is 52.6 Å². The Balaban J connectivity index is 2.12. The molecule has 0 saturated carbocycles. The molecule has 0 spiro atoms. The van der Waals surface area contributed by atoms with Crippen LogP contribution in [0.3, 0.4) is 0 Å². The van der Waals surface area contributed by atoms with E-state index in [0.717, 1.165) is 5.69 Å². The molecule has 0 aromatic heterocycles. The van der Waals surface area contributed by atoms with E-state index in [0.29, 0.717) is 17.7 Å². The van der Waals surface area contributed by atoms with Gasteiger partial charge in [-0.15, -0.1) is 0 Å². The van der Waals surface area contributed by atoms with Gasteiger partial charge in [0, 0.05) is 31.9 Å². The van der Waals surface area contributed by atoms with Crippen molar-refractivity contribution in [2.45, 2.75) is 6.54 Å². The van der Waals surface area contributed by atoms with E-state index in [-0.39, 0.29) is 11.7 Å². The van der Waals surface area contributed by atoms with Crippen LogP contribution in [0.25, 0.3) is 0 Å². The molecule has 2 N–H and O–H groups in total. The number of phenols is 1. The average Bonchev–Trinajstić information content (AvgIpc) is 2.46. The number of nitrogens with one attached hydrogen (secondary N) is 1. The summed E-state index contributed by atoms with van der Waals surface area (Å²) in [6, 6.07) is 14.4. The molecule has 0 bridgehead atoms. The number of nitrogens with zero attached hydrogens (tertiary/aromatic N) is 1. The summed E-state index contributed by atoms with van der Waals surface area (Å²) in [4.78, 5) is 14.1. The molecule has 4 nitrogen and oxygen atoms in total. The third-order valence-corrected chi connectivity index (χ3v) is 3.06. The van der Waals surface area contributed by atoms with Crippen molar-refractivity contribution in [1.82, 2.24) is 5.32 Å². The Morgan fingerprint density at radius 1 is 1.10 bits per heavy atom. The van der Waals surface area contributed by atoms with Crippen LogP contribution in [0.4, 0.5) is 5.69 Å². The van der Waals surface area contributed by atoms with Gasteiger partial charge < -0.3 is 15.3 Å². The van der Waals surface area contributed by atoms with E-state index in [1.165, 1.54) is 0 Å². The number of rotatable bonds is 4. The van der Waals surface area contributed by atoms with Gasteiger partial charge in [-0.05, 0) is 18.2 Å². The third-order valence-electron chi connectivity index (χ3n) is 3.06. The predicted molar refractivity (Wildman–Crippen MR) is 80.0 cm³/mol. The van der Waals surface area contributed by atoms with Gasteiger partial charge in [-0.25, -0.2) is 0 Å². The molecule has 2 aromatic rings. The fourth-order valence-electron chi connectivity index (χ4n) is 1.99. The van der Waals surface area contributed by atoms with E-state index in [4.69, 9.17) is 0 Å². The van der Waals surface area contributed by atoms with Gasteiger partial charge in [0.15, 0.2) is 0 Å². The summed E-state index contributed by atoms with van der Waals surface area (Å²) in [5.74, 6) is 0.0336. The van der Waals surface area contributed by atoms with Gasteiger partial charge in [0.1, 0.15) is 5.75 Å². The highest BCUT2D eigenvalue weighted by atomic mass is 16.3. The normalized spacial score (nSPS) is 10.1. The first kappa shape index (κ1) is 13.9. The van der Waals surface area contributed by atoms with Crippen LogP contribution < -0.4 is 10.2 Å². The summed E-state index contributed by atoms with van der Waals surface area (Å²) < 4.78 is 0. The largest absolute Gasteiger partial charge is 0.508 e. The number of anilines is 1. The summed E-state index contributed by atoms with van der Waals surface area (Å²) in [7, 11) is 3.80. The highest BCUT2D eigenvalue weighted by molar-refractivity contribution is 5.99. The standard InChI is InChI=1S/C16H18N2O2/c1-18(2)14-9-5-4-8-13(14)16(20)17-11-12-7-3-6-10-15(12)19/h3-10,19H,11H2,1-2H3,(H,17,20). The Labute approximate surface area is 118 Å². The van der Waals surface area contributed by atoms with E-state index >= 15 is 0 Å². The molecule has 0 heterocycles. The molecule has 0 aliphatic carbocycles. The lowest BCUT2D eigenvalue weighted by Crippen LogP contribution is -2.25. The Bertz CT molecular complexity index is 609. The van der Waals surface area contributed by atoms with Crippen LogP contribution in [-0.4, -0.2) is 25.1 Å². The number of para-hydroxylation sites is 2. The summed E-state index contributed by atoms with van der Waals surface area (Å²) in [6.07, 6.45) is 0. The Kier molecular flexibility index (Phi) is 4.25. The second kappa shape index (κ2) is 6.10. The number of phenolic OH excluding ortho intramolecular Hbond substituents is 1. The van der Waals surface area contributed by atoms with E-state index in [1.54, 1.807) is 24.3 Å². The summed E-state index contributed by atoms with van der Waals surface area (Å²) in [5, 5.41) is 12.5. The van der Waals surface area contributed by atoms with Crippen LogP contribution in [0.2, 0.25) is 0 Å². The minimum atomic E-state index is -0.155. The number of aromatic hydroxyl groups is 1. The maximum absolute atomic E-state index is 12.2. The summed E-state index contributed by atoms with van der Waals surface area (Å²) in [5.41, 5.74) is 2.18. The van der Waals surface area contributed by atoms with Crippen LogP contribution in [0, 0.1) is 0 Å². The molecule has 20 heavy (non-hydrogen) atoms. The molecule has 0 saturated heterocycles. The van der Waals surface area contributed by atoms with Gasteiger partial charge in [-0.3, -0.25) is 4.79 Å². The van der Waals surface area contributed by atoms with Crippen molar-refractivity contribution < 1.29 is 9.90 Å². The van der Waals surface area contributed by atoms with Gasteiger partial charge >= 0.3 is 0 Å². The Morgan fingerprint density at radius 3 is 2.45 bits per heavy atom. The minimum absolute atomic E-state index is 0.155. The smallest absolute Gasteiger partial charge is 0.253 e. The Hall–Kier alpha value is -2.49. The molecular formula is C16H18N2O2. The quantitative estimate of drug-likeness (QED) is 0.897. The van der Waals surface area contributed by atoms with Crippen molar-refractivity contribution in [2.24, 2.45) is 0 Å². The van der Waals surface area contributed by atoms with E-state index < -0.39 is 0 Å². The molecule has 1 amide bonds. The molecule has 4 heteroatoms. The van der Waals surface area contributed by atoms with E-state index in [9.17, 15) is 9.90 Å². The SMILES string of the molecule is CN(C)c1ccccc1C(=O)NCc1ccccc1O. The van der Waals surface area contributed by atoms with Crippen molar-refractivity contribution >= 4 is 11.6 Å². The number of carbonyl (C=O) groups is 1. The molecule has 0 fully saturated rings. The first-order valence-electron chi connectivity index (χ1n) is 6.41. The lowest BCUT2D eigenvalue weighted by molar-refractivity contribution is 0.0951. The second-order valence-electron chi connectivity index (χ2n) is 4.72. The van der Waals surface area contributed by atoms with Crippen LogP contribution in [0.1, 0.15) is 15.9 Å². The molecule has 2 rings (SSSR count). The molecule has 104 valence electrons. The highest BCUT2D eigenvalue weighted by Crippen LogP contribution is 2.19. The van der Waals surface area contributed by atoms with Gasteiger partial charge in [0.05, 0.1) is 5.56 Å². The number of hydrogen-bond acceptors (Lipinski definition) is 3. The molecule has 0 atom stereocenters. The van der Waals surface area contributed by atoms with Crippen LogP contribution in [-0.2, 0) is 6.54 Å². The first-order chi connectivity index (χ1) is 9.59. The summed E-state index contributed by atoms with van der Waals surface area (Å²) in [6.45, 7) is 0.299. The monoisotopic (exact) mass is 270 g/mol. The fourth-order valence-corrected chi connectivity index (χ4v) is 1.99. The van der Waals surface area contributed by atoms with Crippen molar-refractivity contribution in [3.63, 3.8) is 0 Å². The zero-order valence-electron chi connectivity index (χ0n) is 11.6. The molecule has 0 aliphatic heterocycles. The average molecular weight is 270 g/mol. The van der Waals surface area contributed by atoms with Crippen molar-refractivity contribution in [3.8, 4) is 5.75 Å². The zero-order valence-corrected chi connectivity index (χ0v) is 11.6. The number of carbonyl (C=O) groups excluding carboxylic acids is 1. The molecule has 2 aromatic carbocycles. The maximum atomic E-state index is 12.2. The highest BCUT2D eigenvalue weighted by Gasteiger charge is 2.12. The van der Waals surface area contributed by atoms with E-state index in [1.807, 2.05) is 43.3 Å². The van der Waals surface area contributed by atoms with Gasteiger partial charge in [-0.2, -0.15) is 0 Å². The zero-order chi connectivity index (χ0) is 14.5. The van der Waals surface area contributed by atoms with Crippen LogP contribution >= 0.6 is 0 Å². The molecule has 0 radical (unpaired) electrons. The molecular weight excluding hydrogens is 252 g/mol. The van der Waals surface area contributed by atoms with Crippen molar-refractivity contribution in [3.05, 3.63) is 59.7 Å². The van der Waals surface area contributed by atoms with Gasteiger partial charge in [0.2, 0.25) is 0 Å². The number of amides is 1. The van der Waals surface area contributed by atoms with Crippen LogP contribution in [0.15, 0.2) is 48.5 Å². The lowest BCUT2D eigenvalue weighted by atomic mass is 10.1. The number of benzene rings is 2. The first-order valence-corrected chi connectivity index (χ1v) is 6.41. The van der Waals surface area contributed by atoms with Crippen molar-refractivity contribution in [2.75, 3.05) is 19.0 Å². The summed E-state index contributed by atoms with van der Waals surface area (Å²) >= 11 is 0. The number of hydrogen-bond donors (Lipinski definition) is 2. The van der Waals surface area contributed by atoms with Gasteiger partial charge in [0.25, 0.3) is 5.91 Å². The van der Waals surface area contributed by atoms with E-state index in [2.05, 4.69) is 5.32 Å². The lowest BCUT2D eigenvalue weighted by Gasteiger charge is -2.17. The third kappa shape index (κ3) is 3.09. The maximum Gasteiger partial charge on any atom is 0.253 e. The molecule has 0 unspecified atom stereocenters. The second-order valence-corrected chi connectivity index (χ2v) is 4.72. The minimum Gasteiger partial charge on any atom is -0.508 e. The predicted octanol–water partition coefficient (Wildman–Crippen LogP) is 2.39. The fraction of sp³-hybridized carbons (Fsp3) is 0.188. The van der Waals surface area contributed by atoms with Crippen LogP contribution in [0.5, 0.6) is 5.75 Å². The van der Waals surface area contributed by atoms with Crippen molar-refractivity contribution in [1.29, 1.82) is 0 Å². The van der Waals surface area contributed by atoms with Gasteiger partial charge in [-0.1, -0.05) is 30.3 Å². The Morgan fingerprint density at radius 2 is 1.75 bits per heavy atom.